The second kappa shape index (κ2) is 4.90. The van der Waals surface area contributed by atoms with Crippen molar-refractivity contribution >= 4 is 20.9 Å². The maximum atomic E-state index is 10.8. The Bertz CT molecular complexity index is 462. The number of nitrogen functional groups attached to an aromatic ring is 1. The molecule has 0 aliphatic rings. The number of rotatable bonds is 4. The summed E-state index contributed by atoms with van der Waals surface area (Å²) in [4.78, 5) is 35.2. The van der Waals surface area contributed by atoms with Crippen LogP contribution in [0.15, 0.2) is 18.2 Å². The van der Waals surface area contributed by atoms with Crippen molar-refractivity contribution in [2.45, 2.75) is 12.3 Å². The standard InChI is InChI=1S/C8H13NO6P2/c9-8-2-6(4-16(10,11)12)1-7(3-8)5-17(13,14)15/h1-3H,4-5,9H2,(H2,10,11,12)(H2,13,14,15). The smallest absolute Gasteiger partial charge is 0.329 e. The molecule has 17 heavy (non-hydrogen) atoms. The Morgan fingerprint density at radius 2 is 1.24 bits per heavy atom. The zero-order valence-electron chi connectivity index (χ0n) is 8.72. The van der Waals surface area contributed by atoms with E-state index in [0.29, 0.717) is 0 Å². The number of anilines is 1. The molecule has 0 unspecified atom stereocenters. The Labute approximate surface area is 97.6 Å². The molecular formula is C8H13NO6P2. The quantitative estimate of drug-likeness (QED) is 0.402. The van der Waals surface area contributed by atoms with E-state index >= 15 is 0 Å². The highest BCUT2D eigenvalue weighted by Gasteiger charge is 2.18. The first kappa shape index (κ1) is 14.4. The maximum Gasteiger partial charge on any atom is 0.329 e. The van der Waals surface area contributed by atoms with Crippen molar-refractivity contribution in [3.8, 4) is 0 Å². The molecule has 1 aromatic rings. The molecule has 0 fully saturated rings. The third kappa shape index (κ3) is 5.98. The van der Waals surface area contributed by atoms with Crippen LogP contribution in [0.1, 0.15) is 11.1 Å². The van der Waals surface area contributed by atoms with Gasteiger partial charge in [0, 0.05) is 5.69 Å². The van der Waals surface area contributed by atoms with Crippen LogP contribution in [0.5, 0.6) is 0 Å². The normalized spacial score (nSPS) is 12.7. The van der Waals surface area contributed by atoms with Crippen molar-refractivity contribution in [2.24, 2.45) is 0 Å². The number of hydrogen-bond acceptors (Lipinski definition) is 3. The lowest BCUT2D eigenvalue weighted by Crippen LogP contribution is -1.95. The lowest BCUT2D eigenvalue weighted by Gasteiger charge is -2.09. The van der Waals surface area contributed by atoms with Gasteiger partial charge in [0.2, 0.25) is 0 Å². The summed E-state index contributed by atoms with van der Waals surface area (Å²) in [5, 5.41) is 0. The Morgan fingerprint density at radius 1 is 0.882 bits per heavy atom. The molecule has 1 aromatic carbocycles. The second-order valence-corrected chi connectivity index (χ2v) is 7.02. The summed E-state index contributed by atoms with van der Waals surface area (Å²) in [6.07, 6.45) is -1.02. The summed E-state index contributed by atoms with van der Waals surface area (Å²) in [6.45, 7) is 0. The number of benzene rings is 1. The van der Waals surface area contributed by atoms with Crippen molar-refractivity contribution in [1.82, 2.24) is 0 Å². The van der Waals surface area contributed by atoms with E-state index in [1.807, 2.05) is 0 Å². The van der Waals surface area contributed by atoms with E-state index in [1.54, 1.807) is 0 Å². The van der Waals surface area contributed by atoms with Crippen LogP contribution in [0.2, 0.25) is 0 Å². The van der Waals surface area contributed by atoms with E-state index in [9.17, 15) is 9.13 Å². The third-order valence-electron chi connectivity index (χ3n) is 1.85. The highest BCUT2D eigenvalue weighted by molar-refractivity contribution is 7.51. The van der Waals surface area contributed by atoms with Crippen molar-refractivity contribution in [3.05, 3.63) is 29.3 Å². The molecule has 0 aliphatic heterocycles. The van der Waals surface area contributed by atoms with Crippen LogP contribution in [-0.2, 0) is 21.5 Å². The maximum absolute atomic E-state index is 10.8. The fourth-order valence-corrected chi connectivity index (χ4v) is 2.77. The van der Waals surface area contributed by atoms with Gasteiger partial charge < -0.3 is 25.3 Å². The number of nitrogens with two attached hydrogens (primary N) is 1. The minimum absolute atomic E-state index is 0.208. The van der Waals surface area contributed by atoms with Crippen molar-refractivity contribution < 1.29 is 28.7 Å². The van der Waals surface area contributed by atoms with Crippen LogP contribution in [0, 0.1) is 0 Å². The van der Waals surface area contributed by atoms with Gasteiger partial charge in [0.25, 0.3) is 0 Å². The molecule has 0 saturated carbocycles. The molecule has 0 spiro atoms. The molecule has 0 aliphatic carbocycles. The molecule has 0 saturated heterocycles. The lowest BCUT2D eigenvalue weighted by atomic mass is 10.1. The van der Waals surface area contributed by atoms with Crippen LogP contribution >= 0.6 is 15.2 Å². The van der Waals surface area contributed by atoms with Gasteiger partial charge in [-0.3, -0.25) is 9.13 Å². The summed E-state index contributed by atoms with van der Waals surface area (Å²) in [5.74, 6) is 0. The molecule has 96 valence electrons. The monoisotopic (exact) mass is 281 g/mol. The van der Waals surface area contributed by atoms with E-state index in [1.165, 1.54) is 18.2 Å². The average Bonchev–Trinajstić information content (AvgIpc) is 1.93. The molecule has 1 rings (SSSR count). The summed E-state index contributed by atoms with van der Waals surface area (Å²) < 4.78 is 21.6. The molecule has 0 aromatic heterocycles. The van der Waals surface area contributed by atoms with Gasteiger partial charge in [-0.05, 0) is 23.3 Å². The molecule has 9 heteroatoms. The third-order valence-corrected chi connectivity index (χ3v) is 3.41. The zero-order chi connectivity index (χ0) is 13.3. The number of hydrogen-bond donors (Lipinski definition) is 5. The Hall–Kier alpha value is -0.680. The van der Waals surface area contributed by atoms with Crippen molar-refractivity contribution in [2.75, 3.05) is 5.73 Å². The van der Waals surface area contributed by atoms with Gasteiger partial charge in [0.05, 0.1) is 12.3 Å². The fraction of sp³-hybridized carbons (Fsp3) is 0.250. The molecule has 6 N–H and O–H groups in total. The molecule has 0 radical (unpaired) electrons. The predicted molar refractivity (Wildman–Crippen MR) is 62.4 cm³/mol. The van der Waals surface area contributed by atoms with Crippen LogP contribution in [0.4, 0.5) is 5.69 Å². The minimum atomic E-state index is -4.23. The van der Waals surface area contributed by atoms with Gasteiger partial charge in [0.15, 0.2) is 0 Å². The van der Waals surface area contributed by atoms with E-state index < -0.39 is 27.5 Å². The van der Waals surface area contributed by atoms with Gasteiger partial charge in [-0.2, -0.15) is 0 Å². The predicted octanol–water partition coefficient (Wildman–Crippen LogP) is 0.624. The molecule has 0 heterocycles. The first-order valence-corrected chi connectivity index (χ1v) is 8.12. The van der Waals surface area contributed by atoms with Gasteiger partial charge in [0.1, 0.15) is 0 Å². The summed E-state index contributed by atoms with van der Waals surface area (Å²) >= 11 is 0. The minimum Gasteiger partial charge on any atom is -0.399 e. The zero-order valence-corrected chi connectivity index (χ0v) is 10.5. The molecule has 7 nitrogen and oxygen atoms in total. The highest BCUT2D eigenvalue weighted by atomic mass is 31.2. The van der Waals surface area contributed by atoms with Crippen LogP contribution in [0.3, 0.4) is 0 Å². The van der Waals surface area contributed by atoms with Crippen molar-refractivity contribution in [1.29, 1.82) is 0 Å². The van der Waals surface area contributed by atoms with Crippen LogP contribution < -0.4 is 5.73 Å². The Balaban J connectivity index is 3.03. The summed E-state index contributed by atoms with van der Waals surface area (Å²) in [6, 6.07) is 4.05. The topological polar surface area (TPSA) is 141 Å². The summed E-state index contributed by atoms with van der Waals surface area (Å²) in [7, 11) is -8.46. The lowest BCUT2D eigenvalue weighted by molar-refractivity contribution is 0.370. The van der Waals surface area contributed by atoms with E-state index in [2.05, 4.69) is 0 Å². The van der Waals surface area contributed by atoms with Gasteiger partial charge in [-0.25, -0.2) is 0 Å². The molecule has 0 atom stereocenters. The fourth-order valence-electron chi connectivity index (χ4n) is 1.45. The average molecular weight is 281 g/mol. The van der Waals surface area contributed by atoms with Gasteiger partial charge in [-0.15, -0.1) is 0 Å². The van der Waals surface area contributed by atoms with E-state index in [-0.39, 0.29) is 16.8 Å². The van der Waals surface area contributed by atoms with Crippen LogP contribution in [-0.4, -0.2) is 19.6 Å². The Kier molecular flexibility index (Phi) is 4.15. The van der Waals surface area contributed by atoms with Gasteiger partial charge in [-0.1, -0.05) is 6.07 Å². The summed E-state index contributed by atoms with van der Waals surface area (Å²) in [5.41, 5.74) is 6.20. The molecular weight excluding hydrogens is 268 g/mol. The first-order chi connectivity index (χ1) is 7.55. The van der Waals surface area contributed by atoms with E-state index in [4.69, 9.17) is 25.3 Å². The van der Waals surface area contributed by atoms with Crippen molar-refractivity contribution in [3.63, 3.8) is 0 Å². The van der Waals surface area contributed by atoms with E-state index in [0.717, 1.165) is 0 Å². The Morgan fingerprint density at radius 3 is 1.53 bits per heavy atom. The first-order valence-electron chi connectivity index (χ1n) is 4.53. The second-order valence-electron chi connectivity index (χ2n) is 3.73. The van der Waals surface area contributed by atoms with Crippen LogP contribution in [0.25, 0.3) is 0 Å². The van der Waals surface area contributed by atoms with Gasteiger partial charge >= 0.3 is 15.2 Å². The highest BCUT2D eigenvalue weighted by Crippen LogP contribution is 2.42. The largest absolute Gasteiger partial charge is 0.399 e. The SMILES string of the molecule is Nc1cc(CP(=O)(O)O)cc(CP(=O)(O)O)c1. The molecule has 0 bridgehead atoms. The molecule has 0 amide bonds.